The van der Waals surface area contributed by atoms with Gasteiger partial charge in [-0.15, -0.1) is 0 Å². The van der Waals surface area contributed by atoms with Gasteiger partial charge in [0.05, 0.1) is 0 Å². The highest BCUT2D eigenvalue weighted by molar-refractivity contribution is 6.30. The highest BCUT2D eigenvalue weighted by Gasteiger charge is 2.34. The molecule has 1 amide bonds. The van der Waals surface area contributed by atoms with Gasteiger partial charge in [0.2, 0.25) is 0 Å². The molecule has 28 heavy (non-hydrogen) atoms. The average Bonchev–Trinajstić information content (AvgIpc) is 2.67. The van der Waals surface area contributed by atoms with E-state index in [-0.39, 0.29) is 11.9 Å². The van der Waals surface area contributed by atoms with Crippen molar-refractivity contribution in [2.24, 2.45) is 0 Å². The predicted octanol–water partition coefficient (Wildman–Crippen LogP) is 3.95. The van der Waals surface area contributed by atoms with Crippen molar-refractivity contribution in [3.05, 3.63) is 65.2 Å². The Kier molecular flexibility index (Phi) is 6.61. The van der Waals surface area contributed by atoms with E-state index in [9.17, 15) is 9.90 Å². The van der Waals surface area contributed by atoms with Crippen LogP contribution in [0.5, 0.6) is 5.75 Å². The lowest BCUT2D eigenvalue weighted by molar-refractivity contribution is -0.128. The summed E-state index contributed by atoms with van der Waals surface area (Å²) >= 11 is 5.98. The molecular formula is C23H24ClNO3. The van der Waals surface area contributed by atoms with Crippen LogP contribution in [0.15, 0.2) is 54.6 Å². The van der Waals surface area contributed by atoms with Gasteiger partial charge in [0, 0.05) is 23.0 Å². The number of ether oxygens (including phenoxy) is 1. The van der Waals surface area contributed by atoms with Crippen molar-refractivity contribution in [1.29, 1.82) is 0 Å². The Labute approximate surface area is 170 Å². The van der Waals surface area contributed by atoms with E-state index >= 15 is 0 Å². The second-order valence-corrected chi connectivity index (χ2v) is 7.60. The molecule has 0 aliphatic heterocycles. The van der Waals surface area contributed by atoms with Gasteiger partial charge in [0.15, 0.2) is 6.10 Å². The predicted molar refractivity (Wildman–Crippen MR) is 110 cm³/mol. The Balaban J connectivity index is 1.59. The number of halogens is 1. The number of benzene rings is 2. The summed E-state index contributed by atoms with van der Waals surface area (Å²) < 4.78 is 5.67. The standard InChI is InChI=1S/C23H24ClNO3/c1-17(28-21-10-3-2-4-11-21)22(26)25-20-9-6-13-23(27,16-20)14-12-18-7-5-8-19(24)15-18/h2-5,7-8,10-11,15,17,20,27H,6,9,13,16H2,1H3,(H,25,26)/t17?,20-,23?/m0/s1. The molecular weight excluding hydrogens is 374 g/mol. The zero-order valence-electron chi connectivity index (χ0n) is 15.8. The number of hydrogen-bond acceptors (Lipinski definition) is 3. The molecule has 0 saturated heterocycles. The van der Waals surface area contributed by atoms with Crippen molar-refractivity contribution in [3.63, 3.8) is 0 Å². The number of carbonyl (C=O) groups excluding carboxylic acids is 1. The van der Waals surface area contributed by atoms with Crippen LogP contribution >= 0.6 is 11.6 Å². The maximum Gasteiger partial charge on any atom is 0.260 e. The van der Waals surface area contributed by atoms with E-state index in [1.54, 1.807) is 19.1 Å². The topological polar surface area (TPSA) is 58.6 Å². The molecule has 2 aromatic rings. The van der Waals surface area contributed by atoms with Crippen LogP contribution in [-0.2, 0) is 4.79 Å². The third-order valence-corrected chi connectivity index (χ3v) is 5.00. The minimum absolute atomic E-state index is 0.137. The summed E-state index contributed by atoms with van der Waals surface area (Å²) in [6.07, 6.45) is 1.97. The van der Waals surface area contributed by atoms with Crippen molar-refractivity contribution in [2.45, 2.75) is 50.4 Å². The van der Waals surface area contributed by atoms with Gasteiger partial charge in [0.1, 0.15) is 11.4 Å². The molecule has 0 bridgehead atoms. The number of amides is 1. The van der Waals surface area contributed by atoms with Gasteiger partial charge in [-0.3, -0.25) is 4.79 Å². The van der Waals surface area contributed by atoms with Gasteiger partial charge in [-0.2, -0.15) is 0 Å². The lowest BCUT2D eigenvalue weighted by Gasteiger charge is -2.34. The largest absolute Gasteiger partial charge is 0.481 e. The third-order valence-electron chi connectivity index (χ3n) is 4.76. The Morgan fingerprint density at radius 1 is 1.29 bits per heavy atom. The van der Waals surface area contributed by atoms with Crippen LogP contribution in [0.1, 0.15) is 38.2 Å². The molecule has 5 heteroatoms. The first kappa shape index (κ1) is 20.3. The van der Waals surface area contributed by atoms with E-state index in [4.69, 9.17) is 16.3 Å². The number of para-hydroxylation sites is 1. The normalized spacial score (nSPS) is 22.5. The van der Waals surface area contributed by atoms with E-state index in [1.165, 1.54) is 0 Å². The van der Waals surface area contributed by atoms with Crippen LogP contribution in [0.25, 0.3) is 0 Å². The smallest absolute Gasteiger partial charge is 0.260 e. The number of carbonyl (C=O) groups is 1. The molecule has 0 heterocycles. The molecule has 4 nitrogen and oxygen atoms in total. The summed E-state index contributed by atoms with van der Waals surface area (Å²) in [5.41, 5.74) is -0.362. The number of aliphatic hydroxyl groups is 1. The summed E-state index contributed by atoms with van der Waals surface area (Å²) in [4.78, 5) is 12.5. The summed E-state index contributed by atoms with van der Waals surface area (Å²) in [5, 5.41) is 14.5. The zero-order chi connectivity index (χ0) is 20.0. The summed E-state index contributed by atoms with van der Waals surface area (Å²) in [6, 6.07) is 16.3. The monoisotopic (exact) mass is 397 g/mol. The summed E-state index contributed by atoms with van der Waals surface area (Å²) in [5.74, 6) is 6.44. The number of nitrogens with one attached hydrogen (secondary N) is 1. The van der Waals surface area contributed by atoms with Crippen LogP contribution in [0.3, 0.4) is 0 Å². The third kappa shape index (κ3) is 5.76. The quantitative estimate of drug-likeness (QED) is 0.768. The first-order valence-corrected chi connectivity index (χ1v) is 9.84. The van der Waals surface area contributed by atoms with Crippen molar-refractivity contribution in [1.82, 2.24) is 5.32 Å². The molecule has 1 aliphatic carbocycles. The van der Waals surface area contributed by atoms with Crippen LogP contribution in [0.2, 0.25) is 5.02 Å². The molecule has 3 atom stereocenters. The molecule has 2 N–H and O–H groups in total. The number of hydrogen-bond donors (Lipinski definition) is 2. The van der Waals surface area contributed by atoms with Crippen molar-refractivity contribution in [3.8, 4) is 17.6 Å². The second-order valence-electron chi connectivity index (χ2n) is 7.17. The molecule has 0 spiro atoms. The van der Waals surface area contributed by atoms with E-state index in [0.717, 1.165) is 18.4 Å². The molecule has 1 fully saturated rings. The Hall–Kier alpha value is -2.48. The molecule has 1 aliphatic rings. The zero-order valence-corrected chi connectivity index (χ0v) is 16.6. The molecule has 146 valence electrons. The molecule has 2 aromatic carbocycles. The molecule has 2 unspecified atom stereocenters. The van der Waals surface area contributed by atoms with Crippen LogP contribution in [0.4, 0.5) is 0 Å². The Morgan fingerprint density at radius 2 is 2.07 bits per heavy atom. The first-order valence-electron chi connectivity index (χ1n) is 9.47. The van der Waals surface area contributed by atoms with Gasteiger partial charge >= 0.3 is 0 Å². The van der Waals surface area contributed by atoms with Gasteiger partial charge in [-0.25, -0.2) is 0 Å². The summed E-state index contributed by atoms with van der Waals surface area (Å²) in [6.45, 7) is 1.72. The first-order chi connectivity index (χ1) is 13.4. The van der Waals surface area contributed by atoms with Gasteiger partial charge in [-0.05, 0) is 56.5 Å². The fourth-order valence-corrected chi connectivity index (χ4v) is 3.51. The van der Waals surface area contributed by atoms with E-state index in [0.29, 0.717) is 23.6 Å². The van der Waals surface area contributed by atoms with Crippen LogP contribution in [0, 0.1) is 11.8 Å². The highest BCUT2D eigenvalue weighted by atomic mass is 35.5. The Morgan fingerprint density at radius 3 is 2.82 bits per heavy atom. The minimum atomic E-state index is -1.12. The average molecular weight is 398 g/mol. The Bertz CT molecular complexity index is 874. The molecule has 0 aromatic heterocycles. The van der Waals surface area contributed by atoms with Gasteiger partial charge < -0.3 is 15.2 Å². The van der Waals surface area contributed by atoms with Crippen molar-refractivity contribution >= 4 is 17.5 Å². The highest BCUT2D eigenvalue weighted by Crippen LogP contribution is 2.28. The van der Waals surface area contributed by atoms with Gasteiger partial charge in [-0.1, -0.05) is 47.7 Å². The van der Waals surface area contributed by atoms with Gasteiger partial charge in [0.25, 0.3) is 5.91 Å². The van der Waals surface area contributed by atoms with Crippen LogP contribution < -0.4 is 10.1 Å². The SMILES string of the molecule is CC(Oc1ccccc1)C(=O)N[C@H]1CCCC(O)(C#Cc2cccc(Cl)c2)C1. The van der Waals surface area contributed by atoms with E-state index < -0.39 is 11.7 Å². The molecule has 1 saturated carbocycles. The second kappa shape index (κ2) is 9.14. The maximum atomic E-state index is 12.5. The van der Waals surface area contributed by atoms with Crippen molar-refractivity contribution < 1.29 is 14.6 Å². The number of rotatable bonds is 4. The lowest BCUT2D eigenvalue weighted by atomic mass is 9.82. The fourth-order valence-electron chi connectivity index (χ4n) is 3.32. The molecule has 0 radical (unpaired) electrons. The summed E-state index contributed by atoms with van der Waals surface area (Å²) in [7, 11) is 0. The maximum absolute atomic E-state index is 12.5. The minimum Gasteiger partial charge on any atom is -0.481 e. The van der Waals surface area contributed by atoms with E-state index in [2.05, 4.69) is 17.2 Å². The van der Waals surface area contributed by atoms with Crippen molar-refractivity contribution in [2.75, 3.05) is 0 Å². The van der Waals surface area contributed by atoms with Crippen LogP contribution in [-0.4, -0.2) is 28.8 Å². The lowest BCUT2D eigenvalue weighted by Crippen LogP contribution is -2.48. The fraction of sp³-hybridized carbons (Fsp3) is 0.348. The van der Waals surface area contributed by atoms with E-state index in [1.807, 2.05) is 42.5 Å². The molecule has 3 rings (SSSR count).